The van der Waals surface area contributed by atoms with E-state index in [2.05, 4.69) is 18.8 Å². The molecule has 84 valence electrons. The number of ether oxygens (including phenoxy) is 1. The second kappa shape index (κ2) is 5.69. The van der Waals surface area contributed by atoms with Crippen LogP contribution in [0.3, 0.4) is 0 Å². The Morgan fingerprint density at radius 1 is 1.33 bits per heavy atom. The minimum Gasteiger partial charge on any atom is -0.466 e. The van der Waals surface area contributed by atoms with Gasteiger partial charge in [0.2, 0.25) is 0 Å². The van der Waals surface area contributed by atoms with Crippen LogP contribution in [0.25, 0.3) is 0 Å². The van der Waals surface area contributed by atoms with E-state index >= 15 is 0 Å². The third-order valence-corrected chi connectivity index (χ3v) is 2.62. The fraction of sp³-hybridized carbons (Fsp3) is 0.667. The molecule has 0 aromatic carbocycles. The topological polar surface area (TPSA) is 38.7 Å². The van der Waals surface area contributed by atoms with Crippen LogP contribution in [-0.4, -0.2) is 24.8 Å². The standard InChI is InChI=1S/C12H19NO2/c1-4-9-8-13-11(5-2)10(9)7-12(14)15-6-3/h4-8H2,1-3H3. The molecule has 0 fully saturated rings. The van der Waals surface area contributed by atoms with Crippen molar-refractivity contribution in [3.8, 4) is 0 Å². The molecule has 3 heteroatoms. The molecule has 0 radical (unpaired) electrons. The van der Waals surface area contributed by atoms with E-state index in [-0.39, 0.29) is 5.97 Å². The van der Waals surface area contributed by atoms with E-state index in [9.17, 15) is 4.79 Å². The maximum absolute atomic E-state index is 11.4. The van der Waals surface area contributed by atoms with Crippen molar-refractivity contribution in [1.82, 2.24) is 0 Å². The van der Waals surface area contributed by atoms with Crippen LogP contribution in [0.15, 0.2) is 16.1 Å². The summed E-state index contributed by atoms with van der Waals surface area (Å²) in [6.07, 6.45) is 2.27. The second-order valence-electron chi connectivity index (χ2n) is 3.53. The molecule has 0 N–H and O–H groups in total. The van der Waals surface area contributed by atoms with E-state index in [1.54, 1.807) is 0 Å². The number of aliphatic imine (C=N–C) groups is 1. The molecule has 1 aliphatic heterocycles. The molecule has 0 atom stereocenters. The molecule has 3 nitrogen and oxygen atoms in total. The van der Waals surface area contributed by atoms with Crippen molar-refractivity contribution in [3.63, 3.8) is 0 Å². The number of hydrogen-bond acceptors (Lipinski definition) is 3. The lowest BCUT2D eigenvalue weighted by Crippen LogP contribution is -2.10. The summed E-state index contributed by atoms with van der Waals surface area (Å²) in [5.41, 5.74) is 3.50. The largest absolute Gasteiger partial charge is 0.466 e. The number of esters is 1. The first-order chi connectivity index (χ1) is 7.22. The summed E-state index contributed by atoms with van der Waals surface area (Å²) < 4.78 is 4.96. The molecule has 0 unspecified atom stereocenters. The predicted octanol–water partition coefficient (Wildman–Crippen LogP) is 2.51. The molecule has 0 aromatic rings. The van der Waals surface area contributed by atoms with Crippen molar-refractivity contribution < 1.29 is 9.53 Å². The summed E-state index contributed by atoms with van der Waals surface area (Å²) >= 11 is 0. The van der Waals surface area contributed by atoms with Gasteiger partial charge in [0.1, 0.15) is 0 Å². The van der Waals surface area contributed by atoms with Gasteiger partial charge in [0.15, 0.2) is 0 Å². The van der Waals surface area contributed by atoms with Crippen molar-refractivity contribution in [3.05, 3.63) is 11.1 Å². The summed E-state index contributed by atoms with van der Waals surface area (Å²) in [6.45, 7) is 7.23. The summed E-state index contributed by atoms with van der Waals surface area (Å²) in [5, 5.41) is 0. The lowest BCUT2D eigenvalue weighted by molar-refractivity contribution is -0.142. The Balaban J connectivity index is 2.71. The van der Waals surface area contributed by atoms with Crippen LogP contribution < -0.4 is 0 Å². The van der Waals surface area contributed by atoms with Crippen LogP contribution in [-0.2, 0) is 9.53 Å². The van der Waals surface area contributed by atoms with Gasteiger partial charge < -0.3 is 4.74 Å². The molecule has 1 rings (SSSR count). The molecule has 0 spiro atoms. The Bertz CT molecular complexity index is 303. The Labute approximate surface area is 91.2 Å². The van der Waals surface area contributed by atoms with Gasteiger partial charge in [-0.3, -0.25) is 9.79 Å². The lowest BCUT2D eigenvalue weighted by atomic mass is 10.00. The highest BCUT2D eigenvalue weighted by atomic mass is 16.5. The zero-order valence-electron chi connectivity index (χ0n) is 9.80. The molecular formula is C12H19NO2. The Morgan fingerprint density at radius 2 is 2.07 bits per heavy atom. The molecule has 0 saturated carbocycles. The predicted molar refractivity (Wildman–Crippen MR) is 61.2 cm³/mol. The molecule has 0 bridgehead atoms. The Morgan fingerprint density at radius 3 is 2.60 bits per heavy atom. The first-order valence-corrected chi connectivity index (χ1v) is 5.63. The van der Waals surface area contributed by atoms with E-state index in [1.165, 1.54) is 5.57 Å². The molecule has 0 aromatic heterocycles. The van der Waals surface area contributed by atoms with Crippen molar-refractivity contribution in [2.45, 2.75) is 40.0 Å². The zero-order chi connectivity index (χ0) is 11.3. The third kappa shape index (κ3) is 2.91. The number of rotatable bonds is 5. The maximum Gasteiger partial charge on any atom is 0.310 e. The number of nitrogens with zero attached hydrogens (tertiary/aromatic N) is 1. The number of carbonyl (C=O) groups excluding carboxylic acids is 1. The monoisotopic (exact) mass is 209 g/mol. The van der Waals surface area contributed by atoms with Gasteiger partial charge >= 0.3 is 5.97 Å². The van der Waals surface area contributed by atoms with Gasteiger partial charge in [0.05, 0.1) is 19.6 Å². The summed E-state index contributed by atoms with van der Waals surface area (Å²) in [4.78, 5) is 15.8. The SMILES string of the molecule is CCOC(=O)CC1=C(CC)CN=C1CC. The number of carbonyl (C=O) groups is 1. The normalized spacial score (nSPS) is 15.5. The van der Waals surface area contributed by atoms with Gasteiger partial charge in [0.25, 0.3) is 0 Å². The van der Waals surface area contributed by atoms with Gasteiger partial charge in [-0.25, -0.2) is 0 Å². The van der Waals surface area contributed by atoms with Crippen LogP contribution >= 0.6 is 0 Å². The minimum absolute atomic E-state index is 0.137. The van der Waals surface area contributed by atoms with Crippen LogP contribution in [0, 0.1) is 0 Å². The Hall–Kier alpha value is -1.12. The molecule has 1 heterocycles. The highest BCUT2D eigenvalue weighted by molar-refractivity contribution is 6.05. The van der Waals surface area contributed by atoms with Gasteiger partial charge in [-0.15, -0.1) is 0 Å². The summed E-state index contributed by atoms with van der Waals surface area (Å²) in [6, 6.07) is 0. The van der Waals surface area contributed by atoms with E-state index in [4.69, 9.17) is 4.74 Å². The van der Waals surface area contributed by atoms with Gasteiger partial charge in [0, 0.05) is 5.71 Å². The molecule has 0 saturated heterocycles. The lowest BCUT2D eigenvalue weighted by Gasteiger charge is -2.07. The molecule has 0 amide bonds. The molecule has 0 aliphatic carbocycles. The quantitative estimate of drug-likeness (QED) is 0.652. The van der Waals surface area contributed by atoms with Crippen LogP contribution in [0.1, 0.15) is 40.0 Å². The fourth-order valence-electron chi connectivity index (χ4n) is 1.82. The smallest absolute Gasteiger partial charge is 0.310 e. The van der Waals surface area contributed by atoms with E-state index in [0.717, 1.165) is 30.7 Å². The fourth-order valence-corrected chi connectivity index (χ4v) is 1.82. The van der Waals surface area contributed by atoms with Crippen LogP contribution in [0.5, 0.6) is 0 Å². The first kappa shape index (κ1) is 12.0. The average molecular weight is 209 g/mol. The van der Waals surface area contributed by atoms with Crippen molar-refractivity contribution in [2.75, 3.05) is 13.2 Å². The summed E-state index contributed by atoms with van der Waals surface area (Å²) in [5.74, 6) is -0.137. The van der Waals surface area contributed by atoms with E-state index < -0.39 is 0 Å². The van der Waals surface area contributed by atoms with E-state index in [1.807, 2.05) is 6.92 Å². The highest BCUT2D eigenvalue weighted by Crippen LogP contribution is 2.23. The van der Waals surface area contributed by atoms with Gasteiger partial charge in [-0.1, -0.05) is 13.8 Å². The number of hydrogen-bond donors (Lipinski definition) is 0. The van der Waals surface area contributed by atoms with Crippen LogP contribution in [0.2, 0.25) is 0 Å². The molecule has 15 heavy (non-hydrogen) atoms. The van der Waals surface area contributed by atoms with Gasteiger partial charge in [-0.2, -0.15) is 0 Å². The highest BCUT2D eigenvalue weighted by Gasteiger charge is 2.19. The van der Waals surface area contributed by atoms with Crippen LogP contribution in [0.4, 0.5) is 0 Å². The van der Waals surface area contributed by atoms with E-state index in [0.29, 0.717) is 13.0 Å². The Kier molecular flexibility index (Phi) is 4.53. The van der Waals surface area contributed by atoms with Gasteiger partial charge in [-0.05, 0) is 30.9 Å². The van der Waals surface area contributed by atoms with Crippen molar-refractivity contribution in [1.29, 1.82) is 0 Å². The maximum atomic E-state index is 11.4. The molecule has 1 aliphatic rings. The van der Waals surface area contributed by atoms with Crippen molar-refractivity contribution in [2.24, 2.45) is 4.99 Å². The zero-order valence-corrected chi connectivity index (χ0v) is 9.80. The molecular weight excluding hydrogens is 190 g/mol. The first-order valence-electron chi connectivity index (χ1n) is 5.63. The second-order valence-corrected chi connectivity index (χ2v) is 3.53. The third-order valence-electron chi connectivity index (χ3n) is 2.62. The van der Waals surface area contributed by atoms with Crippen molar-refractivity contribution >= 4 is 11.7 Å². The average Bonchev–Trinajstić information content (AvgIpc) is 2.60. The minimum atomic E-state index is -0.137. The summed E-state index contributed by atoms with van der Waals surface area (Å²) in [7, 11) is 0.